The van der Waals surface area contributed by atoms with E-state index in [0.29, 0.717) is 0 Å². The van der Waals surface area contributed by atoms with Crippen LogP contribution >= 0.6 is 0 Å². The molecule has 0 radical (unpaired) electrons. The highest BCUT2D eigenvalue weighted by Crippen LogP contribution is 2.04. The minimum Gasteiger partial charge on any atom is -0.516 e. The number of nitriles is 1. The van der Waals surface area contributed by atoms with Gasteiger partial charge in [0.1, 0.15) is 11.6 Å². The smallest absolute Gasteiger partial charge is 0.215 e. The fourth-order valence-electron chi connectivity index (χ4n) is 0.577. The highest BCUT2D eigenvalue weighted by atomic mass is 16.2. The maximum Gasteiger partial charge on any atom is 0.215 e. The van der Waals surface area contributed by atoms with Crippen LogP contribution in [0.5, 0.6) is 0 Å². The SMILES string of the molecule is N#C/C(=C\C=C\O)c1nn[nH]n1. The van der Waals surface area contributed by atoms with Crippen molar-refractivity contribution in [2.75, 3.05) is 0 Å². The van der Waals surface area contributed by atoms with Crippen LogP contribution in [0.1, 0.15) is 5.82 Å². The Morgan fingerprint density at radius 1 is 1.67 bits per heavy atom. The molecule has 0 spiro atoms. The maximum atomic E-state index is 8.57. The number of hydrogen-bond donors (Lipinski definition) is 2. The van der Waals surface area contributed by atoms with Gasteiger partial charge in [0.2, 0.25) is 5.82 Å². The third-order valence-electron chi connectivity index (χ3n) is 1.06. The van der Waals surface area contributed by atoms with Crippen molar-refractivity contribution in [2.45, 2.75) is 0 Å². The lowest BCUT2D eigenvalue weighted by atomic mass is 10.2. The molecule has 0 aliphatic rings. The summed E-state index contributed by atoms with van der Waals surface area (Å²) in [4.78, 5) is 0. The zero-order valence-electron chi connectivity index (χ0n) is 5.97. The zero-order valence-corrected chi connectivity index (χ0v) is 5.97. The Balaban J connectivity index is 2.93. The molecule has 12 heavy (non-hydrogen) atoms. The van der Waals surface area contributed by atoms with Gasteiger partial charge in [-0.3, -0.25) is 0 Å². The van der Waals surface area contributed by atoms with Gasteiger partial charge in [-0.25, -0.2) is 0 Å². The van der Waals surface area contributed by atoms with Gasteiger partial charge in [-0.15, -0.1) is 10.2 Å². The molecule has 0 fully saturated rings. The van der Waals surface area contributed by atoms with E-state index >= 15 is 0 Å². The fraction of sp³-hybridized carbons (Fsp3) is 0. The van der Waals surface area contributed by atoms with E-state index in [9.17, 15) is 0 Å². The minimum atomic E-state index is 0.204. The van der Waals surface area contributed by atoms with Crippen molar-refractivity contribution < 1.29 is 5.11 Å². The Labute approximate surface area is 67.8 Å². The minimum absolute atomic E-state index is 0.204. The number of aliphatic hydroxyl groups excluding tert-OH is 1. The summed E-state index contributed by atoms with van der Waals surface area (Å²) in [5.41, 5.74) is 0.231. The number of aromatic amines is 1. The number of H-pyrrole nitrogens is 1. The molecule has 2 N–H and O–H groups in total. The second-order valence-electron chi connectivity index (χ2n) is 1.77. The predicted octanol–water partition coefficient (Wildman–Crippen LogP) is 0.178. The molecule has 1 aromatic rings. The van der Waals surface area contributed by atoms with Gasteiger partial charge in [-0.05, 0) is 17.4 Å². The van der Waals surface area contributed by atoms with Crippen LogP contribution in [0.2, 0.25) is 0 Å². The fourth-order valence-corrected chi connectivity index (χ4v) is 0.577. The normalized spacial score (nSPS) is 11.8. The van der Waals surface area contributed by atoms with E-state index in [-0.39, 0.29) is 11.4 Å². The standard InChI is InChI=1S/C6H5N5O/c7-4-5(2-1-3-12)6-8-10-11-9-6/h1-3,12H,(H,8,9,10,11)/b3-1+,5-2+. The number of aliphatic hydroxyl groups is 1. The van der Waals surface area contributed by atoms with Gasteiger partial charge in [0.25, 0.3) is 0 Å². The highest BCUT2D eigenvalue weighted by Gasteiger charge is 2.02. The molecule has 0 atom stereocenters. The Hall–Kier alpha value is -2.16. The number of nitrogens with zero attached hydrogens (tertiary/aromatic N) is 4. The molecular weight excluding hydrogens is 158 g/mol. The van der Waals surface area contributed by atoms with Gasteiger partial charge < -0.3 is 5.11 Å². The van der Waals surface area contributed by atoms with Gasteiger partial charge in [0, 0.05) is 0 Å². The van der Waals surface area contributed by atoms with Crippen molar-refractivity contribution in [2.24, 2.45) is 0 Å². The summed E-state index contributed by atoms with van der Waals surface area (Å²) < 4.78 is 0. The van der Waals surface area contributed by atoms with Crippen molar-refractivity contribution in [3.05, 3.63) is 24.2 Å². The van der Waals surface area contributed by atoms with Crippen LogP contribution in [0.3, 0.4) is 0 Å². The number of rotatable bonds is 2. The lowest BCUT2D eigenvalue weighted by Crippen LogP contribution is -1.83. The van der Waals surface area contributed by atoms with E-state index in [1.54, 1.807) is 0 Å². The largest absolute Gasteiger partial charge is 0.516 e. The molecule has 6 heteroatoms. The van der Waals surface area contributed by atoms with Crippen LogP contribution < -0.4 is 0 Å². The summed E-state index contributed by atoms with van der Waals surface area (Å²) >= 11 is 0. The summed E-state index contributed by atoms with van der Waals surface area (Å²) in [6.07, 6.45) is 3.50. The van der Waals surface area contributed by atoms with Crippen LogP contribution in [0.15, 0.2) is 18.4 Å². The molecule has 0 aliphatic carbocycles. The first-order valence-electron chi connectivity index (χ1n) is 3.03. The lowest BCUT2D eigenvalue weighted by Gasteiger charge is -1.83. The van der Waals surface area contributed by atoms with Crippen LogP contribution in [-0.2, 0) is 0 Å². The van der Waals surface area contributed by atoms with E-state index in [2.05, 4.69) is 20.6 Å². The van der Waals surface area contributed by atoms with Crippen molar-refractivity contribution in [3.63, 3.8) is 0 Å². The van der Waals surface area contributed by atoms with E-state index in [4.69, 9.17) is 10.4 Å². The van der Waals surface area contributed by atoms with E-state index in [1.165, 1.54) is 12.2 Å². The van der Waals surface area contributed by atoms with Crippen LogP contribution in [-0.4, -0.2) is 25.7 Å². The average molecular weight is 163 g/mol. The molecule has 0 amide bonds. The first-order valence-corrected chi connectivity index (χ1v) is 3.03. The maximum absolute atomic E-state index is 8.57. The quantitative estimate of drug-likeness (QED) is 0.368. The highest BCUT2D eigenvalue weighted by molar-refractivity contribution is 5.73. The topological polar surface area (TPSA) is 98.5 Å². The molecule has 0 aliphatic heterocycles. The van der Waals surface area contributed by atoms with Crippen molar-refractivity contribution in [1.29, 1.82) is 5.26 Å². The zero-order chi connectivity index (χ0) is 8.81. The second kappa shape index (κ2) is 3.88. The summed E-state index contributed by atoms with van der Waals surface area (Å²) in [7, 11) is 0. The molecule has 0 unspecified atom stereocenters. The van der Waals surface area contributed by atoms with Crippen molar-refractivity contribution in [3.8, 4) is 6.07 Å². The van der Waals surface area contributed by atoms with Crippen molar-refractivity contribution >= 4 is 5.57 Å². The Morgan fingerprint density at radius 2 is 2.50 bits per heavy atom. The first-order chi connectivity index (χ1) is 5.88. The predicted molar refractivity (Wildman–Crippen MR) is 39.5 cm³/mol. The molecule has 0 saturated heterocycles. The molecule has 0 bridgehead atoms. The van der Waals surface area contributed by atoms with E-state index in [0.717, 1.165) is 6.26 Å². The molecule has 60 valence electrons. The number of tetrazole rings is 1. The monoisotopic (exact) mass is 163 g/mol. The molecule has 1 aromatic heterocycles. The van der Waals surface area contributed by atoms with Gasteiger partial charge in [0.05, 0.1) is 6.26 Å². The van der Waals surface area contributed by atoms with Gasteiger partial charge in [0.15, 0.2) is 0 Å². The van der Waals surface area contributed by atoms with Gasteiger partial charge in [-0.2, -0.15) is 10.5 Å². The van der Waals surface area contributed by atoms with Gasteiger partial charge >= 0.3 is 0 Å². The summed E-state index contributed by atoms with van der Waals surface area (Å²) in [5.74, 6) is 0.204. The summed E-state index contributed by atoms with van der Waals surface area (Å²) in [6.45, 7) is 0. The molecule has 6 nitrogen and oxygen atoms in total. The Morgan fingerprint density at radius 3 is 3.00 bits per heavy atom. The van der Waals surface area contributed by atoms with Crippen LogP contribution in [0, 0.1) is 11.3 Å². The lowest BCUT2D eigenvalue weighted by molar-refractivity contribution is 0.474. The number of aromatic nitrogens is 4. The average Bonchev–Trinajstić information content (AvgIpc) is 2.59. The third kappa shape index (κ3) is 1.67. The van der Waals surface area contributed by atoms with Crippen LogP contribution in [0.4, 0.5) is 0 Å². The molecule has 0 saturated carbocycles. The summed E-state index contributed by atoms with van der Waals surface area (Å²) in [6, 6.07) is 1.85. The molecule has 1 rings (SSSR count). The van der Waals surface area contributed by atoms with E-state index in [1.807, 2.05) is 6.07 Å². The Bertz CT molecular complexity index is 331. The summed E-state index contributed by atoms with van der Waals surface area (Å²) in [5, 5.41) is 29.5. The van der Waals surface area contributed by atoms with Crippen LogP contribution in [0.25, 0.3) is 5.57 Å². The van der Waals surface area contributed by atoms with E-state index < -0.39 is 0 Å². The van der Waals surface area contributed by atoms with Gasteiger partial charge in [-0.1, -0.05) is 0 Å². The molecule has 0 aromatic carbocycles. The second-order valence-corrected chi connectivity index (χ2v) is 1.77. The number of nitrogens with one attached hydrogen (secondary N) is 1. The number of allylic oxidation sites excluding steroid dienone is 3. The Kier molecular flexibility index (Phi) is 2.57. The third-order valence-corrected chi connectivity index (χ3v) is 1.06. The first kappa shape index (κ1) is 7.94. The molecular formula is C6H5N5O. The van der Waals surface area contributed by atoms with Crippen molar-refractivity contribution in [1.82, 2.24) is 20.6 Å². The number of hydrogen-bond acceptors (Lipinski definition) is 5. The molecule has 1 heterocycles.